The van der Waals surface area contributed by atoms with Gasteiger partial charge in [0.1, 0.15) is 17.2 Å². The van der Waals surface area contributed by atoms with Crippen molar-refractivity contribution >= 4 is 45.5 Å². The molecule has 1 fully saturated rings. The molecule has 1 aromatic carbocycles. The third-order valence-corrected chi connectivity index (χ3v) is 6.66. The van der Waals surface area contributed by atoms with Crippen molar-refractivity contribution in [2.75, 3.05) is 19.0 Å². The minimum absolute atomic E-state index is 0.182. The molecule has 7 nitrogen and oxygen atoms in total. The molecule has 0 spiro atoms. The Bertz CT molecular complexity index is 1210. The van der Waals surface area contributed by atoms with E-state index in [-0.39, 0.29) is 18.3 Å². The van der Waals surface area contributed by atoms with Gasteiger partial charge in [-0.1, -0.05) is 23.2 Å². The summed E-state index contributed by atoms with van der Waals surface area (Å²) >= 11 is 12.5. The second-order valence-electron chi connectivity index (χ2n) is 7.59. The van der Waals surface area contributed by atoms with Gasteiger partial charge in [-0.3, -0.25) is 14.3 Å². The highest BCUT2D eigenvalue weighted by atomic mass is 35.5. The molecule has 5 rings (SSSR count). The Morgan fingerprint density at radius 3 is 2.83 bits per heavy atom. The fourth-order valence-corrected chi connectivity index (χ4v) is 5.15. The standard InChI is InChI=1S/C21H19Cl2N3O4/c1-29-15-5-4-11-14(25-18-12(22)8-24-9-13(18)23)7-17(28)26-19(11)20(15)30-16-3-2-6-21(16,26)10-27/h4-5,7-9,16,27H,2-3,6,10H2,1H3,(H,24,25). The van der Waals surface area contributed by atoms with Gasteiger partial charge in [0.15, 0.2) is 11.5 Å². The van der Waals surface area contributed by atoms with E-state index in [1.54, 1.807) is 17.7 Å². The third kappa shape index (κ3) is 2.62. The number of fused-ring (bicyclic) bond motifs is 2. The van der Waals surface area contributed by atoms with Crippen LogP contribution in [-0.4, -0.2) is 34.5 Å². The van der Waals surface area contributed by atoms with Gasteiger partial charge in [0.05, 0.1) is 35.1 Å². The number of aromatic nitrogens is 2. The maximum atomic E-state index is 13.4. The Balaban J connectivity index is 1.81. The number of methoxy groups -OCH3 is 1. The molecule has 1 saturated carbocycles. The van der Waals surface area contributed by atoms with Crippen molar-refractivity contribution in [1.29, 1.82) is 0 Å². The van der Waals surface area contributed by atoms with Gasteiger partial charge in [-0.15, -0.1) is 0 Å². The molecule has 0 bridgehead atoms. The first-order valence-electron chi connectivity index (χ1n) is 9.61. The molecular weight excluding hydrogens is 429 g/mol. The summed E-state index contributed by atoms with van der Waals surface area (Å²) in [5.74, 6) is 1.03. The van der Waals surface area contributed by atoms with Crippen LogP contribution < -0.4 is 20.3 Å². The first-order chi connectivity index (χ1) is 14.5. The first-order valence-corrected chi connectivity index (χ1v) is 10.4. The number of rotatable bonds is 4. The molecule has 2 aliphatic rings. The van der Waals surface area contributed by atoms with E-state index in [9.17, 15) is 9.90 Å². The topological polar surface area (TPSA) is 85.6 Å². The highest BCUT2D eigenvalue weighted by Crippen LogP contribution is 2.50. The van der Waals surface area contributed by atoms with E-state index in [4.69, 9.17) is 32.7 Å². The van der Waals surface area contributed by atoms with Gasteiger partial charge in [0, 0.05) is 23.8 Å². The predicted octanol–water partition coefficient (Wildman–Crippen LogP) is 4.09. The van der Waals surface area contributed by atoms with Crippen LogP contribution in [0.25, 0.3) is 10.9 Å². The van der Waals surface area contributed by atoms with Crippen LogP contribution in [0.2, 0.25) is 10.0 Å². The fourth-order valence-electron chi connectivity index (χ4n) is 4.70. The number of aliphatic hydroxyl groups excluding tert-OH is 1. The van der Waals surface area contributed by atoms with Crippen molar-refractivity contribution in [1.82, 2.24) is 9.55 Å². The van der Waals surface area contributed by atoms with E-state index < -0.39 is 5.54 Å². The Morgan fingerprint density at radius 1 is 1.37 bits per heavy atom. The monoisotopic (exact) mass is 447 g/mol. The predicted molar refractivity (Wildman–Crippen MR) is 116 cm³/mol. The summed E-state index contributed by atoms with van der Waals surface area (Å²) in [6.45, 7) is -0.182. The molecule has 0 amide bonds. The molecule has 30 heavy (non-hydrogen) atoms. The Morgan fingerprint density at radius 2 is 2.13 bits per heavy atom. The smallest absolute Gasteiger partial charge is 0.253 e. The van der Waals surface area contributed by atoms with Crippen LogP contribution >= 0.6 is 23.2 Å². The largest absolute Gasteiger partial charge is 0.493 e. The van der Waals surface area contributed by atoms with E-state index in [2.05, 4.69) is 10.3 Å². The van der Waals surface area contributed by atoms with Crippen LogP contribution in [0.15, 0.2) is 35.4 Å². The summed E-state index contributed by atoms with van der Waals surface area (Å²) in [6, 6.07) is 5.15. The van der Waals surface area contributed by atoms with Crippen molar-refractivity contribution in [3.05, 3.63) is 51.0 Å². The molecule has 3 heterocycles. The number of nitrogens with zero attached hydrogens (tertiary/aromatic N) is 2. The maximum Gasteiger partial charge on any atom is 0.253 e. The highest BCUT2D eigenvalue weighted by molar-refractivity contribution is 6.39. The SMILES string of the molecule is COc1ccc2c(Nc3c(Cl)cncc3Cl)cc(=O)n3c2c1OC1CCCC13CO. The van der Waals surface area contributed by atoms with Crippen LogP contribution in [0, 0.1) is 0 Å². The lowest BCUT2D eigenvalue weighted by atomic mass is 9.92. The number of halogens is 2. The molecule has 1 aliphatic heterocycles. The second kappa shape index (κ2) is 7.04. The zero-order valence-electron chi connectivity index (χ0n) is 16.1. The molecule has 2 aromatic heterocycles. The van der Waals surface area contributed by atoms with E-state index in [0.717, 1.165) is 18.2 Å². The number of nitrogens with one attached hydrogen (secondary N) is 1. The molecule has 2 N–H and O–H groups in total. The molecule has 2 atom stereocenters. The van der Waals surface area contributed by atoms with Crippen LogP contribution in [0.4, 0.5) is 11.4 Å². The Hall–Kier alpha value is -2.48. The Kier molecular flexibility index (Phi) is 4.57. The lowest BCUT2D eigenvalue weighted by Gasteiger charge is -2.41. The minimum atomic E-state index is -0.792. The number of benzene rings is 1. The third-order valence-electron chi connectivity index (χ3n) is 6.08. The van der Waals surface area contributed by atoms with Crippen LogP contribution in [0.3, 0.4) is 0 Å². The first kappa shape index (κ1) is 19.5. The normalized spacial score (nSPS) is 21.9. The summed E-state index contributed by atoms with van der Waals surface area (Å²) in [4.78, 5) is 17.3. The summed E-state index contributed by atoms with van der Waals surface area (Å²) in [7, 11) is 1.56. The van der Waals surface area contributed by atoms with Crippen molar-refractivity contribution in [2.24, 2.45) is 0 Å². The zero-order valence-corrected chi connectivity index (χ0v) is 17.6. The summed E-state index contributed by atoms with van der Waals surface area (Å²) in [6.07, 6.45) is 4.93. The quantitative estimate of drug-likeness (QED) is 0.626. The van der Waals surface area contributed by atoms with E-state index >= 15 is 0 Å². The van der Waals surface area contributed by atoms with Crippen LogP contribution in [0.1, 0.15) is 19.3 Å². The summed E-state index contributed by atoms with van der Waals surface area (Å²) in [5, 5.41) is 14.9. The van der Waals surface area contributed by atoms with Gasteiger partial charge in [0.25, 0.3) is 5.56 Å². The van der Waals surface area contributed by atoms with Gasteiger partial charge >= 0.3 is 0 Å². The van der Waals surface area contributed by atoms with Crippen molar-refractivity contribution in [3.8, 4) is 11.5 Å². The molecule has 1 aliphatic carbocycles. The number of ether oxygens (including phenoxy) is 2. The van der Waals surface area contributed by atoms with Gasteiger partial charge in [-0.25, -0.2) is 0 Å². The number of hydrogen-bond acceptors (Lipinski definition) is 6. The van der Waals surface area contributed by atoms with Crippen LogP contribution in [-0.2, 0) is 5.54 Å². The number of anilines is 2. The van der Waals surface area contributed by atoms with Crippen molar-refractivity contribution < 1.29 is 14.6 Å². The maximum absolute atomic E-state index is 13.4. The van der Waals surface area contributed by atoms with Gasteiger partial charge < -0.3 is 19.9 Å². The van der Waals surface area contributed by atoms with Gasteiger partial charge in [-0.2, -0.15) is 0 Å². The van der Waals surface area contributed by atoms with Gasteiger partial charge in [-0.05, 0) is 31.4 Å². The fraction of sp³-hybridized carbons (Fsp3) is 0.333. The minimum Gasteiger partial charge on any atom is -0.493 e. The average Bonchev–Trinajstić information content (AvgIpc) is 3.16. The highest BCUT2D eigenvalue weighted by Gasteiger charge is 2.50. The molecule has 0 saturated heterocycles. The Labute approximate surface area is 182 Å². The molecule has 3 aromatic rings. The molecule has 9 heteroatoms. The lowest BCUT2D eigenvalue weighted by molar-refractivity contribution is 0.0196. The molecule has 2 unspecified atom stereocenters. The number of aliphatic hydroxyl groups is 1. The van der Waals surface area contributed by atoms with E-state index in [1.165, 1.54) is 18.5 Å². The zero-order chi connectivity index (χ0) is 21.0. The van der Waals surface area contributed by atoms with Gasteiger partial charge in [0.2, 0.25) is 0 Å². The molecule has 0 radical (unpaired) electrons. The summed E-state index contributed by atoms with van der Waals surface area (Å²) in [5.41, 5.74) is 0.526. The lowest BCUT2D eigenvalue weighted by Crippen LogP contribution is -2.53. The van der Waals surface area contributed by atoms with Crippen LogP contribution in [0.5, 0.6) is 11.5 Å². The number of pyridine rings is 2. The summed E-state index contributed by atoms with van der Waals surface area (Å²) < 4.78 is 13.5. The second-order valence-corrected chi connectivity index (χ2v) is 8.40. The molecule has 156 valence electrons. The van der Waals surface area contributed by atoms with Crippen molar-refractivity contribution in [2.45, 2.75) is 30.9 Å². The average molecular weight is 448 g/mol. The molecular formula is C21H19Cl2N3O4. The van der Waals surface area contributed by atoms with E-state index in [1.807, 2.05) is 6.07 Å². The van der Waals surface area contributed by atoms with E-state index in [0.29, 0.717) is 44.9 Å². The number of hydrogen-bond donors (Lipinski definition) is 2. The van der Waals surface area contributed by atoms with Crippen molar-refractivity contribution in [3.63, 3.8) is 0 Å².